The highest BCUT2D eigenvalue weighted by atomic mass is 32.2. The van der Waals surface area contributed by atoms with Crippen molar-refractivity contribution < 1.29 is 4.74 Å². The standard InChI is InChI=1S/C13H21N3OS/c1-10-8-11(9-14-5-6-17-2)16-13(15-10)12-4-3-7-18-12/h8,12,14H,3-7,9H2,1-2H3. The van der Waals surface area contributed by atoms with E-state index in [1.165, 1.54) is 18.6 Å². The van der Waals surface area contributed by atoms with Crippen LogP contribution in [0.4, 0.5) is 0 Å². The average Bonchev–Trinajstić information content (AvgIpc) is 2.88. The Hall–Kier alpha value is -0.650. The fourth-order valence-corrected chi connectivity index (χ4v) is 3.27. The fourth-order valence-electron chi connectivity index (χ4n) is 2.07. The number of hydrogen-bond donors (Lipinski definition) is 1. The van der Waals surface area contributed by atoms with Gasteiger partial charge in [0.25, 0.3) is 0 Å². The van der Waals surface area contributed by atoms with Gasteiger partial charge in [0.2, 0.25) is 0 Å². The molecule has 0 spiro atoms. The Bertz CT molecular complexity index is 380. The highest BCUT2D eigenvalue weighted by Gasteiger charge is 2.20. The number of nitrogens with zero attached hydrogens (tertiary/aromatic N) is 2. The van der Waals surface area contributed by atoms with Crippen molar-refractivity contribution in [2.24, 2.45) is 0 Å². The van der Waals surface area contributed by atoms with E-state index in [4.69, 9.17) is 4.74 Å². The van der Waals surface area contributed by atoms with Crippen molar-refractivity contribution in [3.05, 3.63) is 23.3 Å². The maximum absolute atomic E-state index is 5.01. The molecule has 1 atom stereocenters. The monoisotopic (exact) mass is 267 g/mol. The molecule has 2 heterocycles. The molecule has 1 fully saturated rings. The van der Waals surface area contributed by atoms with E-state index in [0.29, 0.717) is 5.25 Å². The number of aryl methyl sites for hydroxylation is 1. The minimum atomic E-state index is 0.502. The van der Waals surface area contributed by atoms with Gasteiger partial charge in [0.05, 0.1) is 17.6 Å². The van der Waals surface area contributed by atoms with Crippen molar-refractivity contribution in [2.75, 3.05) is 26.0 Å². The topological polar surface area (TPSA) is 47.0 Å². The molecule has 1 unspecified atom stereocenters. The highest BCUT2D eigenvalue weighted by Crippen LogP contribution is 2.38. The molecule has 1 aromatic heterocycles. The molecule has 0 aromatic carbocycles. The van der Waals surface area contributed by atoms with E-state index in [0.717, 1.165) is 36.9 Å². The van der Waals surface area contributed by atoms with Crippen molar-refractivity contribution in [1.29, 1.82) is 0 Å². The van der Waals surface area contributed by atoms with Crippen LogP contribution in [0.2, 0.25) is 0 Å². The lowest BCUT2D eigenvalue weighted by molar-refractivity contribution is 0.199. The van der Waals surface area contributed by atoms with E-state index in [1.807, 2.05) is 18.7 Å². The number of thioether (sulfide) groups is 1. The molecule has 1 aliphatic rings. The molecule has 5 heteroatoms. The van der Waals surface area contributed by atoms with Crippen LogP contribution in [0.1, 0.15) is 35.3 Å². The highest BCUT2D eigenvalue weighted by molar-refractivity contribution is 7.99. The summed E-state index contributed by atoms with van der Waals surface area (Å²) >= 11 is 1.98. The molecule has 0 bridgehead atoms. The lowest BCUT2D eigenvalue weighted by Crippen LogP contribution is -2.20. The second kappa shape index (κ2) is 7.07. The number of aromatic nitrogens is 2. The second-order valence-corrected chi connectivity index (χ2v) is 5.84. The molecule has 0 aliphatic carbocycles. The van der Waals surface area contributed by atoms with E-state index < -0.39 is 0 Å². The minimum absolute atomic E-state index is 0.502. The van der Waals surface area contributed by atoms with Crippen LogP contribution in [0.15, 0.2) is 6.07 Å². The molecular formula is C13H21N3OS. The fraction of sp³-hybridized carbons (Fsp3) is 0.692. The normalized spacial score (nSPS) is 19.3. The molecule has 1 saturated heterocycles. The zero-order valence-corrected chi connectivity index (χ0v) is 11.9. The zero-order chi connectivity index (χ0) is 12.8. The van der Waals surface area contributed by atoms with Crippen LogP contribution in [0.5, 0.6) is 0 Å². The predicted molar refractivity (Wildman–Crippen MR) is 74.8 cm³/mol. The van der Waals surface area contributed by atoms with Gasteiger partial charge < -0.3 is 10.1 Å². The van der Waals surface area contributed by atoms with Crippen LogP contribution in [0.25, 0.3) is 0 Å². The largest absolute Gasteiger partial charge is 0.383 e. The van der Waals surface area contributed by atoms with Crippen LogP contribution in [-0.4, -0.2) is 36.0 Å². The summed E-state index contributed by atoms with van der Waals surface area (Å²) in [6.07, 6.45) is 2.50. The lowest BCUT2D eigenvalue weighted by atomic mass is 10.2. The molecule has 0 radical (unpaired) electrons. The first-order chi connectivity index (χ1) is 8.79. The molecule has 100 valence electrons. The molecule has 1 aliphatic heterocycles. The quantitative estimate of drug-likeness (QED) is 0.800. The van der Waals surface area contributed by atoms with Gasteiger partial charge in [0.15, 0.2) is 0 Å². The van der Waals surface area contributed by atoms with Gasteiger partial charge in [-0.3, -0.25) is 0 Å². The first-order valence-corrected chi connectivity index (χ1v) is 7.50. The maximum atomic E-state index is 5.01. The third-order valence-electron chi connectivity index (χ3n) is 2.93. The van der Waals surface area contributed by atoms with E-state index in [1.54, 1.807) is 7.11 Å². The SMILES string of the molecule is COCCNCc1cc(C)nc(C2CCCS2)n1. The van der Waals surface area contributed by atoms with Crippen LogP contribution < -0.4 is 5.32 Å². The van der Waals surface area contributed by atoms with Gasteiger partial charge in [0, 0.05) is 25.9 Å². The Morgan fingerprint density at radius 1 is 1.50 bits per heavy atom. The number of nitrogens with one attached hydrogen (secondary N) is 1. The summed E-state index contributed by atoms with van der Waals surface area (Å²) < 4.78 is 5.01. The summed E-state index contributed by atoms with van der Waals surface area (Å²) in [7, 11) is 1.71. The molecule has 0 amide bonds. The number of rotatable bonds is 6. The van der Waals surface area contributed by atoms with Gasteiger partial charge in [-0.15, -0.1) is 0 Å². The van der Waals surface area contributed by atoms with Crippen molar-refractivity contribution in [3.63, 3.8) is 0 Å². The molecule has 4 nitrogen and oxygen atoms in total. The number of ether oxygens (including phenoxy) is 1. The van der Waals surface area contributed by atoms with E-state index in [-0.39, 0.29) is 0 Å². The average molecular weight is 267 g/mol. The summed E-state index contributed by atoms with van der Waals surface area (Å²) in [5, 5.41) is 3.83. The van der Waals surface area contributed by atoms with Crippen molar-refractivity contribution >= 4 is 11.8 Å². The molecule has 1 aromatic rings. The Balaban J connectivity index is 1.97. The van der Waals surface area contributed by atoms with Gasteiger partial charge in [-0.2, -0.15) is 11.8 Å². The molecule has 2 rings (SSSR count). The van der Waals surface area contributed by atoms with Crippen LogP contribution in [0.3, 0.4) is 0 Å². The summed E-state index contributed by atoms with van der Waals surface area (Å²) in [6, 6.07) is 2.06. The van der Waals surface area contributed by atoms with Crippen LogP contribution in [0, 0.1) is 6.92 Å². The minimum Gasteiger partial charge on any atom is -0.383 e. The first-order valence-electron chi connectivity index (χ1n) is 6.45. The van der Waals surface area contributed by atoms with Gasteiger partial charge in [-0.25, -0.2) is 9.97 Å². The van der Waals surface area contributed by atoms with Gasteiger partial charge in [0.1, 0.15) is 5.82 Å². The Labute approximate surface area is 113 Å². The zero-order valence-electron chi connectivity index (χ0n) is 11.1. The smallest absolute Gasteiger partial charge is 0.141 e. The summed E-state index contributed by atoms with van der Waals surface area (Å²) in [5.74, 6) is 2.25. The summed E-state index contributed by atoms with van der Waals surface area (Å²) in [5.41, 5.74) is 2.15. The second-order valence-electron chi connectivity index (χ2n) is 4.53. The van der Waals surface area contributed by atoms with Gasteiger partial charge >= 0.3 is 0 Å². The summed E-state index contributed by atoms with van der Waals surface area (Å²) in [4.78, 5) is 9.25. The predicted octanol–water partition coefficient (Wildman–Crippen LogP) is 2.09. The number of methoxy groups -OCH3 is 1. The third kappa shape index (κ3) is 3.93. The van der Waals surface area contributed by atoms with Crippen molar-refractivity contribution in [2.45, 2.75) is 31.6 Å². The molecular weight excluding hydrogens is 246 g/mol. The number of hydrogen-bond acceptors (Lipinski definition) is 5. The first kappa shape index (κ1) is 13.8. The Morgan fingerprint density at radius 2 is 2.39 bits per heavy atom. The molecule has 0 saturated carbocycles. The van der Waals surface area contributed by atoms with Gasteiger partial charge in [-0.05, 0) is 31.6 Å². The van der Waals surface area contributed by atoms with E-state index in [9.17, 15) is 0 Å². The summed E-state index contributed by atoms with van der Waals surface area (Å²) in [6.45, 7) is 4.42. The third-order valence-corrected chi connectivity index (χ3v) is 4.30. The molecule has 18 heavy (non-hydrogen) atoms. The maximum Gasteiger partial charge on any atom is 0.141 e. The molecule has 1 N–H and O–H groups in total. The lowest BCUT2D eigenvalue weighted by Gasteiger charge is -2.11. The van der Waals surface area contributed by atoms with Crippen LogP contribution in [-0.2, 0) is 11.3 Å². The van der Waals surface area contributed by atoms with E-state index in [2.05, 4.69) is 21.4 Å². The van der Waals surface area contributed by atoms with Crippen molar-refractivity contribution in [3.8, 4) is 0 Å². The Morgan fingerprint density at radius 3 is 3.11 bits per heavy atom. The van der Waals surface area contributed by atoms with Crippen LogP contribution >= 0.6 is 11.8 Å². The van der Waals surface area contributed by atoms with Gasteiger partial charge in [-0.1, -0.05) is 0 Å². The Kier molecular flexibility index (Phi) is 5.41. The van der Waals surface area contributed by atoms with Crippen molar-refractivity contribution in [1.82, 2.24) is 15.3 Å². The van der Waals surface area contributed by atoms with E-state index >= 15 is 0 Å².